The normalized spacial score (nSPS) is 14.8. The highest BCUT2D eigenvalue weighted by atomic mass is 15.1. The van der Waals surface area contributed by atoms with Gasteiger partial charge >= 0.3 is 0 Å². The van der Waals surface area contributed by atoms with Crippen molar-refractivity contribution in [1.82, 2.24) is 0 Å². The first-order valence-electron chi connectivity index (χ1n) is 10.7. The summed E-state index contributed by atoms with van der Waals surface area (Å²) in [4.78, 5) is 2.44. The Morgan fingerprint density at radius 1 is 0.931 bits per heavy atom. The SMILES string of the molecule is CCCCN1C(=CC=Cc2cc[n+](CC)c3ccccc23)C=Cc2ccccc21. The van der Waals surface area contributed by atoms with Crippen LogP contribution in [0.15, 0.2) is 84.7 Å². The van der Waals surface area contributed by atoms with Crippen molar-refractivity contribution < 1.29 is 4.57 Å². The van der Waals surface area contributed by atoms with Crippen molar-refractivity contribution in [2.24, 2.45) is 0 Å². The third kappa shape index (κ3) is 4.02. The van der Waals surface area contributed by atoms with Crippen LogP contribution >= 0.6 is 0 Å². The van der Waals surface area contributed by atoms with Gasteiger partial charge in [0.25, 0.3) is 0 Å². The summed E-state index contributed by atoms with van der Waals surface area (Å²) in [6, 6.07) is 19.5. The van der Waals surface area contributed by atoms with Crippen LogP contribution in [-0.4, -0.2) is 6.54 Å². The fourth-order valence-electron chi connectivity index (χ4n) is 3.97. The van der Waals surface area contributed by atoms with Gasteiger partial charge in [-0.3, -0.25) is 0 Å². The number of pyridine rings is 1. The van der Waals surface area contributed by atoms with Gasteiger partial charge < -0.3 is 4.90 Å². The largest absolute Gasteiger partial charge is 0.341 e. The van der Waals surface area contributed by atoms with Crippen molar-refractivity contribution in [3.8, 4) is 0 Å². The monoisotopic (exact) mass is 381 g/mol. The third-order valence-electron chi connectivity index (χ3n) is 5.55. The zero-order valence-electron chi connectivity index (χ0n) is 17.4. The number of aromatic nitrogens is 1. The molecule has 0 fully saturated rings. The van der Waals surface area contributed by atoms with E-state index in [1.165, 1.54) is 46.3 Å². The van der Waals surface area contributed by atoms with E-state index in [1.807, 2.05) is 0 Å². The van der Waals surface area contributed by atoms with Gasteiger partial charge in [0.1, 0.15) is 6.54 Å². The Kier molecular flexibility index (Phi) is 5.90. The molecule has 0 spiro atoms. The number of allylic oxidation sites excluding steroid dienone is 3. The van der Waals surface area contributed by atoms with Crippen LogP contribution in [-0.2, 0) is 6.54 Å². The molecule has 0 bridgehead atoms. The smallest absolute Gasteiger partial charge is 0.213 e. The molecule has 0 amide bonds. The standard InChI is InChI=1S/C27H29N2/c1-3-5-20-29-24(18-17-23-11-6-8-15-26(23)29)13-10-12-22-19-21-28(4-2)27-16-9-7-14-25(22)27/h6-19,21H,3-5,20H2,1-2H3/q+1. The van der Waals surface area contributed by atoms with E-state index in [0.29, 0.717) is 0 Å². The number of aryl methyl sites for hydroxylation is 1. The molecule has 29 heavy (non-hydrogen) atoms. The molecule has 4 rings (SSSR count). The molecule has 0 saturated heterocycles. The van der Waals surface area contributed by atoms with Gasteiger partial charge in [0.15, 0.2) is 6.20 Å². The molecular formula is C27H29N2+. The van der Waals surface area contributed by atoms with Crippen molar-refractivity contribution >= 4 is 28.7 Å². The number of rotatable bonds is 6. The van der Waals surface area contributed by atoms with Gasteiger partial charge in [-0.1, -0.05) is 61.9 Å². The van der Waals surface area contributed by atoms with Crippen LogP contribution < -0.4 is 9.47 Å². The molecule has 2 heteroatoms. The van der Waals surface area contributed by atoms with Crippen molar-refractivity contribution in [3.05, 3.63) is 95.8 Å². The second-order valence-corrected chi connectivity index (χ2v) is 7.42. The molecule has 0 atom stereocenters. The van der Waals surface area contributed by atoms with Crippen molar-refractivity contribution in [3.63, 3.8) is 0 Å². The summed E-state index contributed by atoms with van der Waals surface area (Å²) >= 11 is 0. The zero-order chi connectivity index (χ0) is 20.1. The highest BCUT2D eigenvalue weighted by Gasteiger charge is 2.16. The number of nitrogens with zero attached hydrogens (tertiary/aromatic N) is 2. The zero-order valence-corrected chi connectivity index (χ0v) is 17.4. The minimum atomic E-state index is 0.977. The van der Waals surface area contributed by atoms with E-state index in [4.69, 9.17) is 0 Å². The molecular weight excluding hydrogens is 352 g/mol. The molecule has 0 saturated carbocycles. The van der Waals surface area contributed by atoms with Crippen molar-refractivity contribution in [2.75, 3.05) is 11.4 Å². The Balaban J connectivity index is 1.66. The summed E-state index contributed by atoms with van der Waals surface area (Å²) in [5.74, 6) is 0. The maximum atomic E-state index is 2.44. The van der Waals surface area contributed by atoms with Crippen molar-refractivity contribution in [2.45, 2.75) is 33.2 Å². The second-order valence-electron chi connectivity index (χ2n) is 7.42. The predicted octanol–water partition coefficient (Wildman–Crippen LogP) is 6.38. The number of hydrogen-bond acceptors (Lipinski definition) is 1. The highest BCUT2D eigenvalue weighted by Crippen LogP contribution is 2.31. The van der Waals surface area contributed by atoms with Gasteiger partial charge in [-0.15, -0.1) is 0 Å². The lowest BCUT2D eigenvalue weighted by molar-refractivity contribution is -0.667. The summed E-state index contributed by atoms with van der Waals surface area (Å²) in [6.45, 7) is 6.45. The Hall–Kier alpha value is -3.13. The topological polar surface area (TPSA) is 7.12 Å². The van der Waals surface area contributed by atoms with E-state index in [1.54, 1.807) is 0 Å². The lowest BCUT2D eigenvalue weighted by Crippen LogP contribution is -2.32. The van der Waals surface area contributed by atoms with Gasteiger partial charge in [-0.2, -0.15) is 4.57 Å². The first-order chi connectivity index (χ1) is 14.3. The first kappa shape index (κ1) is 19.2. The average molecular weight is 382 g/mol. The number of anilines is 1. The van der Waals surface area contributed by atoms with Crippen LogP contribution in [0.2, 0.25) is 0 Å². The Morgan fingerprint density at radius 2 is 1.76 bits per heavy atom. The molecule has 2 aromatic carbocycles. The lowest BCUT2D eigenvalue weighted by Gasteiger charge is -2.30. The molecule has 146 valence electrons. The van der Waals surface area contributed by atoms with Crippen LogP contribution in [0.1, 0.15) is 37.8 Å². The van der Waals surface area contributed by atoms with E-state index in [0.717, 1.165) is 13.1 Å². The number of unbranched alkanes of at least 4 members (excludes halogenated alkanes) is 1. The Morgan fingerprint density at radius 3 is 2.62 bits per heavy atom. The molecule has 1 aromatic heterocycles. The molecule has 0 unspecified atom stereocenters. The number of para-hydroxylation sites is 2. The van der Waals surface area contributed by atoms with Gasteiger partial charge in [-0.25, -0.2) is 0 Å². The minimum absolute atomic E-state index is 0.977. The molecule has 3 aromatic rings. The van der Waals surface area contributed by atoms with E-state index in [2.05, 4.69) is 114 Å². The Bertz CT molecular complexity index is 1090. The summed E-state index contributed by atoms with van der Waals surface area (Å²) in [7, 11) is 0. The molecule has 2 nitrogen and oxygen atoms in total. The van der Waals surface area contributed by atoms with Gasteiger partial charge in [-0.05, 0) is 48.8 Å². The predicted molar refractivity (Wildman–Crippen MR) is 125 cm³/mol. The van der Waals surface area contributed by atoms with Crippen LogP contribution in [0.3, 0.4) is 0 Å². The van der Waals surface area contributed by atoms with E-state index >= 15 is 0 Å². The van der Waals surface area contributed by atoms with Crippen LogP contribution in [0.25, 0.3) is 23.1 Å². The number of benzene rings is 2. The number of fused-ring (bicyclic) bond motifs is 2. The van der Waals surface area contributed by atoms with Crippen LogP contribution in [0.5, 0.6) is 0 Å². The highest BCUT2D eigenvalue weighted by molar-refractivity contribution is 5.85. The van der Waals surface area contributed by atoms with Gasteiger partial charge in [0.05, 0.1) is 5.39 Å². The maximum absolute atomic E-state index is 2.44. The van der Waals surface area contributed by atoms with Crippen LogP contribution in [0.4, 0.5) is 5.69 Å². The second kappa shape index (κ2) is 8.91. The maximum Gasteiger partial charge on any atom is 0.213 e. The fraction of sp³-hybridized carbons (Fsp3) is 0.222. The molecule has 0 aliphatic carbocycles. The molecule has 0 radical (unpaired) electrons. The summed E-state index contributed by atoms with van der Waals surface area (Å²) in [5.41, 5.74) is 6.38. The lowest BCUT2D eigenvalue weighted by atomic mass is 10.0. The summed E-state index contributed by atoms with van der Waals surface area (Å²) in [6.07, 6.45) is 15.7. The molecule has 2 heterocycles. The summed E-state index contributed by atoms with van der Waals surface area (Å²) in [5, 5.41) is 1.29. The van der Waals surface area contributed by atoms with E-state index in [-0.39, 0.29) is 0 Å². The van der Waals surface area contributed by atoms with Gasteiger partial charge in [0, 0.05) is 30.1 Å². The van der Waals surface area contributed by atoms with Gasteiger partial charge in [0.2, 0.25) is 5.52 Å². The average Bonchev–Trinajstić information content (AvgIpc) is 2.78. The Labute approximate surface area is 174 Å². The molecule has 1 aliphatic heterocycles. The fourth-order valence-corrected chi connectivity index (χ4v) is 3.97. The van der Waals surface area contributed by atoms with Crippen molar-refractivity contribution in [1.29, 1.82) is 0 Å². The quantitative estimate of drug-likeness (QED) is 0.450. The van der Waals surface area contributed by atoms with E-state index < -0.39 is 0 Å². The summed E-state index contributed by atoms with van der Waals surface area (Å²) < 4.78 is 2.29. The molecule has 1 aliphatic rings. The number of hydrogen-bond donors (Lipinski definition) is 0. The third-order valence-corrected chi connectivity index (χ3v) is 5.55. The van der Waals surface area contributed by atoms with Crippen LogP contribution in [0, 0.1) is 0 Å². The molecule has 0 N–H and O–H groups in total. The first-order valence-corrected chi connectivity index (χ1v) is 10.7. The minimum Gasteiger partial charge on any atom is -0.341 e. The van der Waals surface area contributed by atoms with E-state index in [9.17, 15) is 0 Å².